The summed E-state index contributed by atoms with van der Waals surface area (Å²) in [6, 6.07) is 7.05. The average Bonchev–Trinajstić information content (AvgIpc) is 2.81. The molecule has 3 nitrogen and oxygen atoms in total. The van der Waals surface area contributed by atoms with Crippen LogP contribution in [0.4, 0.5) is 0 Å². The first-order valence-corrected chi connectivity index (χ1v) is 7.43. The number of halogens is 1. The Kier molecular flexibility index (Phi) is 4.64. The molecule has 1 aromatic rings. The minimum atomic E-state index is 0.119. The van der Waals surface area contributed by atoms with Gasteiger partial charge in [0.25, 0.3) is 0 Å². The van der Waals surface area contributed by atoms with Gasteiger partial charge in [-0.15, -0.1) is 0 Å². The summed E-state index contributed by atoms with van der Waals surface area (Å²) in [5.41, 5.74) is 0.714. The number of nitrogens with zero attached hydrogens (tertiary/aromatic N) is 1. The van der Waals surface area contributed by atoms with Crippen LogP contribution in [0.1, 0.15) is 18.4 Å². The number of carbonyl (C=O) groups excluding carboxylic acids is 1. The van der Waals surface area contributed by atoms with Crippen molar-refractivity contribution in [2.24, 2.45) is 5.92 Å². The van der Waals surface area contributed by atoms with E-state index in [0.29, 0.717) is 17.9 Å². The van der Waals surface area contributed by atoms with Crippen LogP contribution in [0.15, 0.2) is 24.3 Å². The predicted molar refractivity (Wildman–Crippen MR) is 74.9 cm³/mol. The minimum Gasteiger partial charge on any atom is -0.508 e. The third-order valence-corrected chi connectivity index (χ3v) is 3.95. The number of likely N-dealkylation sites (tertiary alicyclic amines) is 1. The number of hydrogen-bond donors (Lipinski definition) is 1. The Morgan fingerprint density at radius 3 is 2.94 bits per heavy atom. The molecule has 0 aliphatic carbocycles. The second kappa shape index (κ2) is 6.23. The zero-order valence-corrected chi connectivity index (χ0v) is 11.9. The van der Waals surface area contributed by atoms with Gasteiger partial charge < -0.3 is 10.0 Å². The monoisotopic (exact) mass is 311 g/mol. The first-order valence-electron chi connectivity index (χ1n) is 6.31. The standard InChI is InChI=1S/C14H18BrNO2/c15-7-5-11-6-8-16(10-11)14(18)9-12-3-1-2-4-13(12)17/h1-4,11,17H,5-10H2. The Morgan fingerprint density at radius 2 is 2.22 bits per heavy atom. The lowest BCUT2D eigenvalue weighted by Gasteiger charge is -2.16. The van der Waals surface area contributed by atoms with Crippen molar-refractivity contribution in [2.45, 2.75) is 19.3 Å². The number of para-hydroxylation sites is 1. The smallest absolute Gasteiger partial charge is 0.227 e. The predicted octanol–water partition coefficient (Wildman–Crippen LogP) is 2.57. The van der Waals surface area contributed by atoms with Crippen LogP contribution in [0.5, 0.6) is 5.75 Å². The van der Waals surface area contributed by atoms with Crippen molar-refractivity contribution in [1.82, 2.24) is 4.90 Å². The van der Waals surface area contributed by atoms with Crippen LogP contribution in [0.2, 0.25) is 0 Å². The number of amides is 1. The fourth-order valence-corrected chi connectivity index (χ4v) is 3.03. The number of alkyl halides is 1. The van der Waals surface area contributed by atoms with Gasteiger partial charge in [-0.25, -0.2) is 0 Å². The first kappa shape index (κ1) is 13.4. The van der Waals surface area contributed by atoms with E-state index in [9.17, 15) is 9.90 Å². The molecule has 1 unspecified atom stereocenters. The molecule has 1 atom stereocenters. The van der Waals surface area contributed by atoms with Crippen LogP contribution in [0, 0.1) is 5.92 Å². The van der Waals surface area contributed by atoms with E-state index in [1.54, 1.807) is 18.2 Å². The van der Waals surface area contributed by atoms with Crippen molar-refractivity contribution in [3.63, 3.8) is 0 Å². The summed E-state index contributed by atoms with van der Waals surface area (Å²) in [4.78, 5) is 14.0. The highest BCUT2D eigenvalue weighted by Gasteiger charge is 2.25. The lowest BCUT2D eigenvalue weighted by Crippen LogP contribution is -2.30. The van der Waals surface area contributed by atoms with Crippen LogP contribution < -0.4 is 0 Å². The number of rotatable bonds is 4. The average molecular weight is 312 g/mol. The number of hydrogen-bond acceptors (Lipinski definition) is 2. The fourth-order valence-electron chi connectivity index (χ4n) is 2.38. The van der Waals surface area contributed by atoms with E-state index in [4.69, 9.17) is 0 Å². The van der Waals surface area contributed by atoms with E-state index >= 15 is 0 Å². The number of aromatic hydroxyl groups is 1. The fraction of sp³-hybridized carbons (Fsp3) is 0.500. The van der Waals surface area contributed by atoms with Gasteiger partial charge in [-0.2, -0.15) is 0 Å². The Bertz CT molecular complexity index is 422. The van der Waals surface area contributed by atoms with Crippen molar-refractivity contribution >= 4 is 21.8 Å². The van der Waals surface area contributed by atoms with Crippen LogP contribution in [-0.2, 0) is 11.2 Å². The summed E-state index contributed by atoms with van der Waals surface area (Å²) in [5.74, 6) is 0.952. The SMILES string of the molecule is O=C(Cc1ccccc1O)N1CCC(CCBr)C1. The highest BCUT2D eigenvalue weighted by atomic mass is 79.9. The molecule has 1 saturated heterocycles. The van der Waals surface area contributed by atoms with E-state index in [-0.39, 0.29) is 11.7 Å². The van der Waals surface area contributed by atoms with Gasteiger partial charge in [0, 0.05) is 24.0 Å². The molecule has 1 aliphatic rings. The molecule has 0 bridgehead atoms. The lowest BCUT2D eigenvalue weighted by atomic mass is 10.1. The summed E-state index contributed by atoms with van der Waals surface area (Å²) in [5, 5.41) is 10.7. The van der Waals surface area contributed by atoms with Gasteiger partial charge >= 0.3 is 0 Å². The number of benzene rings is 1. The molecule has 0 aromatic heterocycles. The molecule has 4 heteroatoms. The Hall–Kier alpha value is -1.03. The second-order valence-electron chi connectivity index (χ2n) is 4.78. The number of carbonyl (C=O) groups is 1. The van der Waals surface area contributed by atoms with E-state index in [1.165, 1.54) is 0 Å². The molecule has 1 amide bonds. The number of phenolic OH excluding ortho intramolecular Hbond substituents is 1. The molecule has 1 aliphatic heterocycles. The minimum absolute atomic E-state index is 0.119. The van der Waals surface area contributed by atoms with Crippen LogP contribution in [0.3, 0.4) is 0 Å². The molecule has 1 heterocycles. The quantitative estimate of drug-likeness (QED) is 0.868. The molecule has 0 radical (unpaired) electrons. The van der Waals surface area contributed by atoms with E-state index in [0.717, 1.165) is 31.3 Å². The Balaban J connectivity index is 1.91. The van der Waals surface area contributed by atoms with Gasteiger partial charge in [-0.3, -0.25) is 4.79 Å². The maximum Gasteiger partial charge on any atom is 0.227 e. The van der Waals surface area contributed by atoms with Crippen molar-refractivity contribution in [3.8, 4) is 5.75 Å². The maximum atomic E-state index is 12.1. The first-order chi connectivity index (χ1) is 8.70. The largest absolute Gasteiger partial charge is 0.508 e. The molecule has 0 saturated carbocycles. The highest BCUT2D eigenvalue weighted by Crippen LogP contribution is 2.22. The highest BCUT2D eigenvalue weighted by molar-refractivity contribution is 9.09. The maximum absolute atomic E-state index is 12.1. The molecule has 1 N–H and O–H groups in total. The summed E-state index contributed by atoms with van der Waals surface area (Å²) >= 11 is 3.44. The Labute approximate surface area is 116 Å². The van der Waals surface area contributed by atoms with Crippen LogP contribution in [0.25, 0.3) is 0 Å². The topological polar surface area (TPSA) is 40.5 Å². The third-order valence-electron chi connectivity index (χ3n) is 3.49. The van der Waals surface area contributed by atoms with Crippen molar-refractivity contribution in [2.75, 3.05) is 18.4 Å². The van der Waals surface area contributed by atoms with Crippen molar-refractivity contribution in [1.29, 1.82) is 0 Å². The summed E-state index contributed by atoms with van der Waals surface area (Å²) in [7, 11) is 0. The molecule has 1 aromatic carbocycles. The molecular formula is C14H18BrNO2. The Morgan fingerprint density at radius 1 is 1.44 bits per heavy atom. The normalized spacial score (nSPS) is 19.2. The summed E-state index contributed by atoms with van der Waals surface area (Å²) in [6.45, 7) is 1.71. The van der Waals surface area contributed by atoms with Gasteiger partial charge in [0.05, 0.1) is 6.42 Å². The lowest BCUT2D eigenvalue weighted by molar-refractivity contribution is -0.129. The van der Waals surface area contributed by atoms with Gasteiger partial charge in [0.1, 0.15) is 5.75 Å². The zero-order valence-electron chi connectivity index (χ0n) is 10.3. The van der Waals surface area contributed by atoms with Crippen LogP contribution >= 0.6 is 15.9 Å². The van der Waals surface area contributed by atoms with E-state index in [2.05, 4.69) is 15.9 Å². The number of phenols is 1. The summed E-state index contributed by atoms with van der Waals surface area (Å²) < 4.78 is 0. The van der Waals surface area contributed by atoms with Crippen molar-refractivity contribution < 1.29 is 9.90 Å². The van der Waals surface area contributed by atoms with Crippen molar-refractivity contribution in [3.05, 3.63) is 29.8 Å². The molecular weight excluding hydrogens is 294 g/mol. The zero-order chi connectivity index (χ0) is 13.0. The van der Waals surface area contributed by atoms with E-state index in [1.807, 2.05) is 11.0 Å². The molecule has 0 spiro atoms. The molecule has 2 rings (SSSR count). The van der Waals surface area contributed by atoms with Gasteiger partial charge in [0.2, 0.25) is 5.91 Å². The summed E-state index contributed by atoms with van der Waals surface area (Å²) in [6.07, 6.45) is 2.52. The molecule has 1 fully saturated rings. The van der Waals surface area contributed by atoms with E-state index < -0.39 is 0 Å². The molecule has 98 valence electrons. The van der Waals surface area contributed by atoms with Gasteiger partial charge in [0.15, 0.2) is 0 Å². The molecule has 18 heavy (non-hydrogen) atoms. The second-order valence-corrected chi connectivity index (χ2v) is 5.57. The van der Waals surface area contributed by atoms with Gasteiger partial charge in [-0.1, -0.05) is 34.1 Å². The van der Waals surface area contributed by atoms with Gasteiger partial charge in [-0.05, 0) is 24.8 Å². The third kappa shape index (κ3) is 3.25. The van der Waals surface area contributed by atoms with Crippen LogP contribution in [-0.4, -0.2) is 34.3 Å².